The third-order valence-corrected chi connectivity index (χ3v) is 6.27. The zero-order chi connectivity index (χ0) is 24.2. The number of fused-ring (bicyclic) bond motifs is 2. The van der Waals surface area contributed by atoms with Gasteiger partial charge >= 0.3 is 6.03 Å². The SMILES string of the molecule is CNC(=O)C[C@@H]1CC[C@H]2[C@H](COc3ccc(NC(=O)Nc4ccc(C)cc4)cc3C(=O)N2C)O1. The standard InChI is InChI=1S/C25H30N4O5/c1-15-4-6-16(7-5-15)27-25(32)28-17-8-11-21-19(12-17)24(31)29(3)20-10-9-18(13-23(30)26-2)34-22(20)14-33-21/h4-8,11-12,18,20,22H,9-10,13-14H2,1-3H3,(H,26,30)(H2,27,28,32)/t18-,20-,22-/m0/s1. The van der Waals surface area contributed by atoms with Crippen LogP contribution in [0.15, 0.2) is 42.5 Å². The van der Waals surface area contributed by atoms with E-state index in [0.717, 1.165) is 5.56 Å². The number of nitrogens with zero attached hydrogens (tertiary/aromatic N) is 1. The normalized spacial score (nSPS) is 21.8. The molecule has 2 aliphatic rings. The molecule has 1 saturated heterocycles. The lowest BCUT2D eigenvalue weighted by Gasteiger charge is -2.42. The first-order chi connectivity index (χ1) is 16.3. The minimum atomic E-state index is -0.403. The summed E-state index contributed by atoms with van der Waals surface area (Å²) in [6.07, 6.45) is 1.15. The Kier molecular flexibility index (Phi) is 7.02. The zero-order valence-corrected chi connectivity index (χ0v) is 19.6. The van der Waals surface area contributed by atoms with Crippen molar-refractivity contribution in [1.29, 1.82) is 0 Å². The highest BCUT2D eigenvalue weighted by molar-refractivity contribution is 6.02. The average Bonchev–Trinajstić information content (AvgIpc) is 2.83. The Hall–Kier alpha value is -3.59. The summed E-state index contributed by atoms with van der Waals surface area (Å²) in [4.78, 5) is 39.2. The molecule has 4 rings (SSSR count). The molecule has 0 aliphatic carbocycles. The van der Waals surface area contributed by atoms with Crippen molar-refractivity contribution in [3.05, 3.63) is 53.6 Å². The first-order valence-corrected chi connectivity index (χ1v) is 11.4. The monoisotopic (exact) mass is 466 g/mol. The molecule has 2 aliphatic heterocycles. The third kappa shape index (κ3) is 5.31. The predicted molar refractivity (Wildman–Crippen MR) is 128 cm³/mol. The molecule has 9 heteroatoms. The maximum atomic E-state index is 13.3. The second-order valence-corrected chi connectivity index (χ2v) is 8.70. The number of hydrogen-bond donors (Lipinski definition) is 3. The van der Waals surface area contributed by atoms with E-state index in [1.54, 1.807) is 37.2 Å². The van der Waals surface area contributed by atoms with Gasteiger partial charge in [0.05, 0.1) is 24.1 Å². The molecule has 2 heterocycles. The maximum absolute atomic E-state index is 13.3. The van der Waals surface area contributed by atoms with Crippen molar-refractivity contribution in [2.24, 2.45) is 0 Å². The Morgan fingerprint density at radius 3 is 2.50 bits per heavy atom. The molecule has 4 amide bonds. The highest BCUT2D eigenvalue weighted by atomic mass is 16.5. The van der Waals surface area contributed by atoms with Crippen LogP contribution in [0.1, 0.15) is 35.2 Å². The Labute approximate surface area is 198 Å². The molecular weight excluding hydrogens is 436 g/mol. The highest BCUT2D eigenvalue weighted by Crippen LogP contribution is 2.32. The van der Waals surface area contributed by atoms with Crippen molar-refractivity contribution in [3.63, 3.8) is 0 Å². The van der Waals surface area contributed by atoms with Crippen LogP contribution in [0.2, 0.25) is 0 Å². The highest BCUT2D eigenvalue weighted by Gasteiger charge is 2.39. The Bertz CT molecular complexity index is 1070. The van der Waals surface area contributed by atoms with Crippen molar-refractivity contribution in [2.45, 2.75) is 44.4 Å². The quantitative estimate of drug-likeness (QED) is 0.641. The number of amides is 4. The average molecular weight is 467 g/mol. The molecule has 0 saturated carbocycles. The van der Waals surface area contributed by atoms with E-state index >= 15 is 0 Å². The minimum absolute atomic E-state index is 0.0727. The number of aryl methyl sites for hydroxylation is 1. The van der Waals surface area contributed by atoms with Gasteiger partial charge in [-0.15, -0.1) is 0 Å². The molecule has 0 spiro atoms. The van der Waals surface area contributed by atoms with Gasteiger partial charge in [-0.3, -0.25) is 9.59 Å². The van der Waals surface area contributed by atoms with E-state index < -0.39 is 6.03 Å². The molecule has 1 fully saturated rings. The van der Waals surface area contributed by atoms with Gasteiger partial charge < -0.3 is 30.3 Å². The summed E-state index contributed by atoms with van der Waals surface area (Å²) in [6.45, 7) is 2.24. The largest absolute Gasteiger partial charge is 0.490 e. The maximum Gasteiger partial charge on any atom is 0.323 e. The van der Waals surface area contributed by atoms with Gasteiger partial charge in [-0.25, -0.2) is 4.79 Å². The van der Waals surface area contributed by atoms with Gasteiger partial charge in [-0.05, 0) is 50.1 Å². The lowest BCUT2D eigenvalue weighted by atomic mass is 9.94. The Morgan fingerprint density at radius 2 is 1.76 bits per heavy atom. The van der Waals surface area contributed by atoms with Crippen molar-refractivity contribution in [1.82, 2.24) is 10.2 Å². The summed E-state index contributed by atoms with van der Waals surface area (Å²) in [5, 5.41) is 8.17. The van der Waals surface area contributed by atoms with Crippen molar-refractivity contribution >= 4 is 29.2 Å². The van der Waals surface area contributed by atoms with E-state index in [1.165, 1.54) is 0 Å². The van der Waals surface area contributed by atoms with Gasteiger partial charge in [-0.2, -0.15) is 0 Å². The van der Waals surface area contributed by atoms with Crippen LogP contribution in [0.4, 0.5) is 16.2 Å². The minimum Gasteiger partial charge on any atom is -0.490 e. The molecule has 3 atom stereocenters. The molecule has 0 radical (unpaired) electrons. The molecule has 180 valence electrons. The fraction of sp³-hybridized carbons (Fsp3) is 0.400. The smallest absolute Gasteiger partial charge is 0.323 e. The lowest BCUT2D eigenvalue weighted by molar-refractivity contribution is -0.133. The molecule has 0 bridgehead atoms. The van der Waals surface area contributed by atoms with Gasteiger partial charge in [0, 0.05) is 25.5 Å². The summed E-state index contributed by atoms with van der Waals surface area (Å²) in [7, 11) is 3.35. The van der Waals surface area contributed by atoms with E-state index in [4.69, 9.17) is 9.47 Å². The lowest BCUT2D eigenvalue weighted by Crippen LogP contribution is -2.53. The molecular formula is C25H30N4O5. The summed E-state index contributed by atoms with van der Waals surface area (Å²) >= 11 is 0. The van der Waals surface area contributed by atoms with E-state index in [9.17, 15) is 14.4 Å². The van der Waals surface area contributed by atoms with E-state index in [-0.39, 0.29) is 43.1 Å². The number of carbonyl (C=O) groups is 3. The van der Waals surface area contributed by atoms with Crippen LogP contribution in [-0.2, 0) is 9.53 Å². The molecule has 0 aromatic heterocycles. The van der Waals surface area contributed by atoms with Gasteiger partial charge in [-0.1, -0.05) is 17.7 Å². The molecule has 3 N–H and O–H groups in total. The fourth-order valence-corrected chi connectivity index (χ4v) is 4.34. The van der Waals surface area contributed by atoms with Crippen LogP contribution >= 0.6 is 0 Å². The van der Waals surface area contributed by atoms with Crippen LogP contribution in [0.3, 0.4) is 0 Å². The van der Waals surface area contributed by atoms with Crippen molar-refractivity contribution in [2.75, 3.05) is 31.3 Å². The predicted octanol–water partition coefficient (Wildman–Crippen LogP) is 3.16. The van der Waals surface area contributed by atoms with E-state index in [0.29, 0.717) is 35.5 Å². The Morgan fingerprint density at radius 1 is 1.06 bits per heavy atom. The second kappa shape index (κ2) is 10.1. The Balaban J connectivity index is 1.46. The van der Waals surface area contributed by atoms with Crippen LogP contribution in [-0.4, -0.2) is 61.7 Å². The van der Waals surface area contributed by atoms with E-state index in [1.807, 2.05) is 31.2 Å². The number of urea groups is 1. The number of hydrogen-bond acceptors (Lipinski definition) is 5. The van der Waals surface area contributed by atoms with Crippen molar-refractivity contribution in [3.8, 4) is 5.75 Å². The molecule has 34 heavy (non-hydrogen) atoms. The zero-order valence-electron chi connectivity index (χ0n) is 19.6. The molecule has 2 aromatic carbocycles. The van der Waals surface area contributed by atoms with Crippen molar-refractivity contribution < 1.29 is 23.9 Å². The van der Waals surface area contributed by atoms with E-state index in [2.05, 4.69) is 16.0 Å². The van der Waals surface area contributed by atoms with Gasteiger partial charge in [0.15, 0.2) is 0 Å². The number of carbonyl (C=O) groups excluding carboxylic acids is 3. The van der Waals surface area contributed by atoms with Gasteiger partial charge in [0.2, 0.25) is 5.91 Å². The third-order valence-electron chi connectivity index (χ3n) is 6.27. The number of ether oxygens (including phenoxy) is 2. The van der Waals surface area contributed by atoms with Crippen LogP contribution in [0.25, 0.3) is 0 Å². The molecule has 9 nitrogen and oxygen atoms in total. The second-order valence-electron chi connectivity index (χ2n) is 8.70. The summed E-state index contributed by atoms with van der Waals surface area (Å²) in [5.41, 5.74) is 2.63. The number of anilines is 2. The van der Waals surface area contributed by atoms with Crippen LogP contribution in [0, 0.1) is 6.92 Å². The molecule has 2 aromatic rings. The topological polar surface area (TPSA) is 109 Å². The molecule has 0 unspecified atom stereocenters. The number of benzene rings is 2. The van der Waals surface area contributed by atoms with Gasteiger partial charge in [0.25, 0.3) is 5.91 Å². The first-order valence-electron chi connectivity index (χ1n) is 11.4. The fourth-order valence-electron chi connectivity index (χ4n) is 4.34. The van der Waals surface area contributed by atoms with Gasteiger partial charge in [0.1, 0.15) is 18.5 Å². The summed E-state index contributed by atoms with van der Waals surface area (Å²) in [5.74, 6) is 0.147. The summed E-state index contributed by atoms with van der Waals surface area (Å²) in [6, 6.07) is 11.9. The van der Waals surface area contributed by atoms with Crippen LogP contribution in [0.5, 0.6) is 5.75 Å². The number of rotatable bonds is 4. The number of nitrogens with one attached hydrogen (secondary N) is 3. The van der Waals surface area contributed by atoms with Crippen LogP contribution < -0.4 is 20.7 Å². The number of likely N-dealkylation sites (N-methyl/N-ethyl adjacent to an activating group) is 1. The summed E-state index contributed by atoms with van der Waals surface area (Å²) < 4.78 is 12.1. The first kappa shape index (κ1) is 23.6.